The molecule has 1 fully saturated rings. The van der Waals surface area contributed by atoms with E-state index in [-0.39, 0.29) is 6.04 Å². The zero-order chi connectivity index (χ0) is 12.1. The lowest BCUT2D eigenvalue weighted by Crippen LogP contribution is -2.25. The SMILES string of the molecule is CC[C@@H](N)c1ccc(N2CCCSCC2)cc1. The molecule has 0 unspecified atom stereocenters. The molecule has 2 nitrogen and oxygen atoms in total. The topological polar surface area (TPSA) is 29.3 Å². The van der Waals surface area contributed by atoms with Gasteiger partial charge in [0.05, 0.1) is 0 Å². The van der Waals surface area contributed by atoms with Gasteiger partial charge in [-0.2, -0.15) is 11.8 Å². The molecule has 1 saturated heterocycles. The molecule has 1 heterocycles. The lowest BCUT2D eigenvalue weighted by Gasteiger charge is -2.23. The lowest BCUT2D eigenvalue weighted by atomic mass is 10.1. The minimum Gasteiger partial charge on any atom is -0.371 e. The van der Waals surface area contributed by atoms with Crippen LogP contribution in [0.2, 0.25) is 0 Å². The number of hydrogen-bond donors (Lipinski definition) is 1. The maximum absolute atomic E-state index is 6.03. The van der Waals surface area contributed by atoms with Crippen molar-refractivity contribution in [1.82, 2.24) is 0 Å². The van der Waals surface area contributed by atoms with Crippen LogP contribution in [0.1, 0.15) is 31.4 Å². The van der Waals surface area contributed by atoms with Gasteiger partial charge in [0.1, 0.15) is 0 Å². The van der Waals surface area contributed by atoms with Crippen LogP contribution in [0.4, 0.5) is 5.69 Å². The molecule has 17 heavy (non-hydrogen) atoms. The highest BCUT2D eigenvalue weighted by Gasteiger charge is 2.10. The average molecular weight is 250 g/mol. The Morgan fingerprint density at radius 3 is 2.71 bits per heavy atom. The summed E-state index contributed by atoms with van der Waals surface area (Å²) >= 11 is 2.06. The fraction of sp³-hybridized carbons (Fsp3) is 0.571. The monoisotopic (exact) mass is 250 g/mol. The van der Waals surface area contributed by atoms with Gasteiger partial charge in [-0.3, -0.25) is 0 Å². The first kappa shape index (κ1) is 12.8. The van der Waals surface area contributed by atoms with Crippen LogP contribution in [0.5, 0.6) is 0 Å². The Balaban J connectivity index is 2.05. The minimum atomic E-state index is 0.184. The summed E-state index contributed by atoms with van der Waals surface area (Å²) in [4.78, 5) is 2.49. The van der Waals surface area contributed by atoms with Crippen molar-refractivity contribution in [1.29, 1.82) is 0 Å². The first-order valence-electron chi connectivity index (χ1n) is 6.49. The number of thioether (sulfide) groups is 1. The number of rotatable bonds is 3. The van der Waals surface area contributed by atoms with Crippen molar-refractivity contribution in [3.05, 3.63) is 29.8 Å². The first-order valence-corrected chi connectivity index (χ1v) is 7.65. The summed E-state index contributed by atoms with van der Waals surface area (Å²) in [5, 5.41) is 0. The van der Waals surface area contributed by atoms with Gasteiger partial charge in [0.15, 0.2) is 0 Å². The van der Waals surface area contributed by atoms with Crippen molar-refractivity contribution in [3.63, 3.8) is 0 Å². The van der Waals surface area contributed by atoms with Gasteiger partial charge in [-0.05, 0) is 36.3 Å². The molecule has 2 rings (SSSR count). The van der Waals surface area contributed by atoms with Gasteiger partial charge in [-0.25, -0.2) is 0 Å². The number of hydrogen-bond acceptors (Lipinski definition) is 3. The summed E-state index contributed by atoms with van der Waals surface area (Å²) in [5.41, 5.74) is 8.63. The van der Waals surface area contributed by atoms with Crippen molar-refractivity contribution in [3.8, 4) is 0 Å². The largest absolute Gasteiger partial charge is 0.371 e. The van der Waals surface area contributed by atoms with Crippen LogP contribution in [0.15, 0.2) is 24.3 Å². The van der Waals surface area contributed by atoms with Crippen molar-refractivity contribution in [2.75, 3.05) is 29.5 Å². The Hall–Kier alpha value is -0.670. The van der Waals surface area contributed by atoms with Gasteiger partial charge in [-0.15, -0.1) is 0 Å². The second-order valence-corrected chi connectivity index (χ2v) is 5.78. The molecule has 1 atom stereocenters. The van der Waals surface area contributed by atoms with Crippen LogP contribution in [0.3, 0.4) is 0 Å². The van der Waals surface area contributed by atoms with Crippen molar-refractivity contribution in [2.45, 2.75) is 25.8 Å². The Labute approximate surface area is 109 Å². The molecule has 1 aliphatic rings. The smallest absolute Gasteiger partial charge is 0.0366 e. The van der Waals surface area contributed by atoms with Gasteiger partial charge in [-0.1, -0.05) is 19.1 Å². The van der Waals surface area contributed by atoms with Crippen LogP contribution in [0, 0.1) is 0 Å². The van der Waals surface area contributed by atoms with E-state index in [0.29, 0.717) is 0 Å². The fourth-order valence-electron chi connectivity index (χ4n) is 2.17. The molecular weight excluding hydrogens is 228 g/mol. The average Bonchev–Trinajstić information content (AvgIpc) is 2.67. The first-order chi connectivity index (χ1) is 8.31. The standard InChI is InChI=1S/C14H22N2S/c1-2-14(15)12-4-6-13(7-5-12)16-8-3-10-17-11-9-16/h4-7,14H,2-3,8-11,15H2,1H3/t14-/m1/s1. The van der Waals surface area contributed by atoms with Gasteiger partial charge in [0.25, 0.3) is 0 Å². The highest BCUT2D eigenvalue weighted by Crippen LogP contribution is 2.22. The Kier molecular flexibility index (Phi) is 4.75. The zero-order valence-electron chi connectivity index (χ0n) is 10.6. The summed E-state index contributed by atoms with van der Waals surface area (Å²) < 4.78 is 0. The van der Waals surface area contributed by atoms with Crippen LogP contribution in [-0.4, -0.2) is 24.6 Å². The normalized spacial score (nSPS) is 18.8. The van der Waals surface area contributed by atoms with E-state index >= 15 is 0 Å². The van der Waals surface area contributed by atoms with E-state index in [2.05, 4.69) is 47.9 Å². The molecule has 0 radical (unpaired) electrons. The third-order valence-corrected chi connectivity index (χ3v) is 4.40. The van der Waals surface area contributed by atoms with Crippen molar-refractivity contribution < 1.29 is 0 Å². The molecule has 0 amide bonds. The third-order valence-electron chi connectivity index (χ3n) is 3.35. The van der Waals surface area contributed by atoms with Crippen LogP contribution in [0.25, 0.3) is 0 Å². The second-order valence-electron chi connectivity index (χ2n) is 4.56. The predicted molar refractivity (Wildman–Crippen MR) is 77.8 cm³/mol. The molecule has 0 bridgehead atoms. The molecule has 0 spiro atoms. The number of benzene rings is 1. The van der Waals surface area contributed by atoms with Crippen molar-refractivity contribution >= 4 is 17.4 Å². The summed E-state index contributed by atoms with van der Waals surface area (Å²) in [5.74, 6) is 2.55. The van der Waals surface area contributed by atoms with E-state index < -0.39 is 0 Å². The third kappa shape index (κ3) is 3.39. The maximum atomic E-state index is 6.03. The van der Waals surface area contributed by atoms with Gasteiger partial charge in [0, 0.05) is 30.6 Å². The summed E-state index contributed by atoms with van der Waals surface area (Å²) in [6.45, 7) is 4.49. The number of anilines is 1. The van der Waals surface area contributed by atoms with E-state index in [1.165, 1.54) is 42.3 Å². The Morgan fingerprint density at radius 1 is 1.24 bits per heavy atom. The summed E-state index contributed by atoms with van der Waals surface area (Å²) in [6.07, 6.45) is 2.29. The molecule has 1 aromatic rings. The summed E-state index contributed by atoms with van der Waals surface area (Å²) in [7, 11) is 0. The molecule has 3 heteroatoms. The number of nitrogens with zero attached hydrogens (tertiary/aromatic N) is 1. The maximum Gasteiger partial charge on any atom is 0.0366 e. The van der Waals surface area contributed by atoms with E-state index in [0.717, 1.165) is 6.42 Å². The predicted octanol–water partition coefficient (Wildman–Crippen LogP) is 3.04. The Bertz CT molecular complexity index is 329. The molecular formula is C14H22N2S. The zero-order valence-corrected chi connectivity index (χ0v) is 11.4. The van der Waals surface area contributed by atoms with Gasteiger partial charge in [0.2, 0.25) is 0 Å². The minimum absolute atomic E-state index is 0.184. The van der Waals surface area contributed by atoms with E-state index in [4.69, 9.17) is 5.73 Å². The molecule has 0 aliphatic carbocycles. The van der Waals surface area contributed by atoms with E-state index in [1.807, 2.05) is 0 Å². The quantitative estimate of drug-likeness (QED) is 0.894. The molecule has 94 valence electrons. The molecule has 1 aliphatic heterocycles. The van der Waals surface area contributed by atoms with Crippen LogP contribution < -0.4 is 10.6 Å². The molecule has 2 N–H and O–H groups in total. The summed E-state index contributed by atoms with van der Waals surface area (Å²) in [6, 6.07) is 8.99. The molecule has 1 aromatic carbocycles. The highest BCUT2D eigenvalue weighted by molar-refractivity contribution is 7.99. The van der Waals surface area contributed by atoms with Gasteiger partial charge >= 0.3 is 0 Å². The molecule has 0 aromatic heterocycles. The fourth-order valence-corrected chi connectivity index (χ4v) is 3.06. The number of nitrogens with two attached hydrogens (primary N) is 1. The van der Waals surface area contributed by atoms with Crippen molar-refractivity contribution in [2.24, 2.45) is 5.73 Å². The lowest BCUT2D eigenvalue weighted by molar-refractivity contribution is 0.698. The van der Waals surface area contributed by atoms with Crippen LogP contribution in [-0.2, 0) is 0 Å². The van der Waals surface area contributed by atoms with E-state index in [9.17, 15) is 0 Å². The van der Waals surface area contributed by atoms with Gasteiger partial charge < -0.3 is 10.6 Å². The Morgan fingerprint density at radius 2 is 2.00 bits per heavy atom. The van der Waals surface area contributed by atoms with Crippen LogP contribution >= 0.6 is 11.8 Å². The second kappa shape index (κ2) is 6.31. The highest BCUT2D eigenvalue weighted by atomic mass is 32.2. The molecule has 0 saturated carbocycles. The van der Waals surface area contributed by atoms with E-state index in [1.54, 1.807) is 0 Å².